The van der Waals surface area contributed by atoms with Gasteiger partial charge in [-0.2, -0.15) is 5.21 Å². The van der Waals surface area contributed by atoms with E-state index in [-0.39, 0.29) is 15.7 Å². The molecule has 0 aliphatic carbocycles. The lowest BCUT2D eigenvalue weighted by atomic mass is 10.1. The third-order valence-electron chi connectivity index (χ3n) is 2.94. The number of nitrogens with two attached hydrogens (primary N) is 1. The van der Waals surface area contributed by atoms with Crippen LogP contribution in [0.4, 0.5) is 5.69 Å². The smallest absolute Gasteiger partial charge is 0.239 e. The third kappa shape index (κ3) is 3.65. The van der Waals surface area contributed by atoms with Crippen molar-refractivity contribution in [1.29, 1.82) is 0 Å². The number of aromatic amines is 1. The summed E-state index contributed by atoms with van der Waals surface area (Å²) in [5.74, 6) is 0.196. The average Bonchev–Trinajstić information content (AvgIpc) is 3.15. The van der Waals surface area contributed by atoms with Crippen molar-refractivity contribution >= 4 is 50.2 Å². The second-order valence-electron chi connectivity index (χ2n) is 4.54. The van der Waals surface area contributed by atoms with Gasteiger partial charge in [-0.3, -0.25) is 0 Å². The quantitative estimate of drug-likeness (QED) is 0.588. The van der Waals surface area contributed by atoms with Crippen LogP contribution in [-0.4, -0.2) is 34.0 Å². The summed E-state index contributed by atoms with van der Waals surface area (Å²) < 4.78 is 23.7. The van der Waals surface area contributed by atoms with E-state index in [1.165, 1.54) is 23.5 Å². The van der Waals surface area contributed by atoms with Gasteiger partial charge in [0.25, 0.3) is 0 Å². The molecule has 2 heterocycles. The van der Waals surface area contributed by atoms with Crippen LogP contribution in [0.3, 0.4) is 0 Å². The normalized spacial score (nSPS) is 11.6. The van der Waals surface area contributed by atoms with Gasteiger partial charge in [-0.25, -0.2) is 18.5 Å². The van der Waals surface area contributed by atoms with Gasteiger partial charge in [-0.1, -0.05) is 23.2 Å². The highest BCUT2D eigenvalue weighted by molar-refractivity contribution is 7.89. The Morgan fingerprint density at radius 2 is 2.12 bits per heavy atom. The highest BCUT2D eigenvalue weighted by Gasteiger charge is 2.19. The van der Waals surface area contributed by atoms with Crippen molar-refractivity contribution in [2.24, 2.45) is 5.14 Å². The molecule has 1 aromatic carbocycles. The van der Waals surface area contributed by atoms with Crippen molar-refractivity contribution in [3.8, 4) is 11.4 Å². The fourth-order valence-electron chi connectivity index (χ4n) is 1.93. The lowest BCUT2D eigenvalue weighted by Gasteiger charge is -2.12. The maximum absolute atomic E-state index is 11.7. The molecular formula is C11H9Cl2N7O2S2. The number of hydrogen-bond acceptors (Lipinski definition) is 8. The average molecular weight is 406 g/mol. The number of nitrogens with one attached hydrogen (secondary N) is 2. The Labute approximate surface area is 150 Å². The van der Waals surface area contributed by atoms with Gasteiger partial charge in [0.15, 0.2) is 4.47 Å². The number of thiazole rings is 1. The number of rotatable bonds is 5. The third-order valence-corrected chi connectivity index (χ3v) is 5.43. The minimum atomic E-state index is -4.00. The van der Waals surface area contributed by atoms with Crippen molar-refractivity contribution in [1.82, 2.24) is 25.6 Å². The van der Waals surface area contributed by atoms with Crippen LogP contribution in [0, 0.1) is 0 Å². The van der Waals surface area contributed by atoms with E-state index in [0.29, 0.717) is 22.3 Å². The fourth-order valence-corrected chi connectivity index (χ4v) is 3.94. The largest absolute Gasteiger partial charge is 0.379 e. The van der Waals surface area contributed by atoms with Crippen LogP contribution in [-0.2, 0) is 16.6 Å². The van der Waals surface area contributed by atoms with E-state index in [1.54, 1.807) is 6.20 Å². The molecule has 9 nitrogen and oxygen atoms in total. The number of sulfonamides is 1. The minimum absolute atomic E-state index is 0.0189. The summed E-state index contributed by atoms with van der Waals surface area (Å²) in [5.41, 5.74) is 0.895. The maximum Gasteiger partial charge on any atom is 0.239 e. The topological polar surface area (TPSA) is 140 Å². The molecule has 0 saturated carbocycles. The van der Waals surface area contributed by atoms with Crippen LogP contribution < -0.4 is 10.5 Å². The first-order chi connectivity index (χ1) is 11.3. The molecule has 13 heteroatoms. The second kappa shape index (κ2) is 6.61. The van der Waals surface area contributed by atoms with Crippen molar-refractivity contribution < 1.29 is 8.42 Å². The Morgan fingerprint density at radius 1 is 1.33 bits per heavy atom. The molecule has 0 amide bonds. The number of aromatic nitrogens is 5. The van der Waals surface area contributed by atoms with Gasteiger partial charge in [0.2, 0.25) is 15.8 Å². The predicted molar refractivity (Wildman–Crippen MR) is 90.4 cm³/mol. The number of nitrogens with zero attached hydrogens (tertiary/aromatic N) is 4. The minimum Gasteiger partial charge on any atom is -0.379 e. The monoisotopic (exact) mass is 405 g/mol. The predicted octanol–water partition coefficient (Wildman–Crippen LogP) is 1.89. The number of anilines is 1. The van der Waals surface area contributed by atoms with Crippen molar-refractivity contribution in [2.45, 2.75) is 11.4 Å². The summed E-state index contributed by atoms with van der Waals surface area (Å²) in [5, 5.41) is 21.8. The van der Waals surface area contributed by atoms with Crippen LogP contribution in [0.1, 0.15) is 4.88 Å². The molecular weight excluding hydrogens is 397 g/mol. The van der Waals surface area contributed by atoms with Crippen LogP contribution in [0.25, 0.3) is 11.4 Å². The molecule has 3 rings (SSSR count). The molecule has 0 unspecified atom stereocenters. The van der Waals surface area contributed by atoms with Crippen LogP contribution in [0.5, 0.6) is 0 Å². The summed E-state index contributed by atoms with van der Waals surface area (Å²) in [6.07, 6.45) is 1.63. The Morgan fingerprint density at radius 3 is 2.71 bits per heavy atom. The number of tetrazole rings is 1. The molecule has 24 heavy (non-hydrogen) atoms. The zero-order valence-corrected chi connectivity index (χ0v) is 14.8. The zero-order chi connectivity index (χ0) is 17.3. The molecule has 0 atom stereocenters. The molecule has 0 aliphatic rings. The van der Waals surface area contributed by atoms with Crippen molar-refractivity contribution in [2.75, 3.05) is 5.32 Å². The number of benzene rings is 1. The van der Waals surface area contributed by atoms with Gasteiger partial charge in [0, 0.05) is 22.3 Å². The number of hydrogen-bond donors (Lipinski definition) is 3. The summed E-state index contributed by atoms with van der Waals surface area (Å²) in [7, 11) is -4.00. The molecule has 4 N–H and O–H groups in total. The molecule has 0 radical (unpaired) electrons. The van der Waals surface area contributed by atoms with Crippen molar-refractivity contribution in [3.05, 3.63) is 32.7 Å². The van der Waals surface area contributed by atoms with Gasteiger partial charge in [-0.15, -0.1) is 21.5 Å². The second-order valence-corrected chi connectivity index (χ2v) is 8.18. The SMILES string of the molecule is NS(=O)(=O)c1cc(-c2nn[nH]n2)c(NCc2cnc(Cl)s2)cc1Cl. The zero-order valence-electron chi connectivity index (χ0n) is 11.7. The van der Waals surface area contributed by atoms with Gasteiger partial charge in [-0.05, 0) is 17.3 Å². The van der Waals surface area contributed by atoms with E-state index in [9.17, 15) is 8.42 Å². The Bertz CT molecular complexity index is 972. The van der Waals surface area contributed by atoms with Crippen LogP contribution in [0.2, 0.25) is 9.49 Å². The first-order valence-electron chi connectivity index (χ1n) is 6.29. The van der Waals surface area contributed by atoms with E-state index in [2.05, 4.69) is 30.9 Å². The van der Waals surface area contributed by atoms with E-state index < -0.39 is 10.0 Å². The molecule has 0 spiro atoms. The molecule has 0 fully saturated rings. The highest BCUT2D eigenvalue weighted by Crippen LogP contribution is 2.33. The highest BCUT2D eigenvalue weighted by atomic mass is 35.5. The summed E-state index contributed by atoms with van der Waals surface area (Å²) in [4.78, 5) is 4.60. The van der Waals surface area contributed by atoms with Crippen LogP contribution >= 0.6 is 34.5 Å². The molecule has 0 bridgehead atoms. The van der Waals surface area contributed by atoms with Gasteiger partial charge < -0.3 is 5.32 Å². The number of halogens is 2. The van der Waals surface area contributed by atoms with Gasteiger partial charge >= 0.3 is 0 Å². The number of primary sulfonamides is 1. The Hall–Kier alpha value is -1.79. The Balaban J connectivity index is 2.02. The summed E-state index contributed by atoms with van der Waals surface area (Å²) >= 11 is 13.2. The van der Waals surface area contributed by atoms with E-state index in [1.807, 2.05) is 0 Å². The van der Waals surface area contributed by atoms with E-state index >= 15 is 0 Å². The maximum atomic E-state index is 11.7. The first-order valence-corrected chi connectivity index (χ1v) is 9.40. The van der Waals surface area contributed by atoms with Gasteiger partial charge in [0.1, 0.15) is 4.90 Å². The lowest BCUT2D eigenvalue weighted by Crippen LogP contribution is -2.13. The molecule has 2 aromatic heterocycles. The summed E-state index contributed by atoms with van der Waals surface area (Å²) in [6.45, 7) is 0.403. The number of H-pyrrole nitrogens is 1. The first kappa shape index (κ1) is 17.0. The van der Waals surface area contributed by atoms with Crippen LogP contribution in [0.15, 0.2) is 23.2 Å². The molecule has 3 aromatic rings. The van der Waals surface area contributed by atoms with E-state index in [0.717, 1.165) is 4.88 Å². The van der Waals surface area contributed by atoms with Gasteiger partial charge in [0.05, 0.1) is 11.6 Å². The molecule has 0 aliphatic heterocycles. The van der Waals surface area contributed by atoms with Crippen molar-refractivity contribution in [3.63, 3.8) is 0 Å². The lowest BCUT2D eigenvalue weighted by molar-refractivity contribution is 0.598. The molecule has 126 valence electrons. The molecule has 0 saturated heterocycles. The standard InChI is InChI=1S/C11H9Cl2N7O2S2/c12-7-2-8(15-3-5-4-16-11(13)23-5)6(10-17-19-20-18-10)1-9(7)24(14,21)22/h1-2,4,15H,3H2,(H2,14,21,22)(H,17,18,19,20). The summed E-state index contributed by atoms with van der Waals surface area (Å²) in [6, 6.07) is 2.74. The van der Waals surface area contributed by atoms with E-state index in [4.69, 9.17) is 28.3 Å². The fraction of sp³-hybridized carbons (Fsp3) is 0.0909. The Kier molecular flexibility index (Phi) is 4.69.